The van der Waals surface area contributed by atoms with E-state index in [1.807, 2.05) is 6.92 Å². The number of unbranched alkanes of at least 4 members (excludes halogenated alkanes) is 1. The Morgan fingerprint density at radius 2 is 2.17 bits per heavy atom. The molecule has 134 valence electrons. The first kappa shape index (κ1) is 18.6. The number of nitrogens with zero attached hydrogens (tertiary/aromatic N) is 2. The Morgan fingerprint density at radius 1 is 1.46 bits per heavy atom. The van der Waals surface area contributed by atoms with Gasteiger partial charge in [-0.2, -0.15) is 4.98 Å². The summed E-state index contributed by atoms with van der Waals surface area (Å²) in [4.78, 5) is 15.9. The second kappa shape index (κ2) is 7.89. The van der Waals surface area contributed by atoms with Gasteiger partial charge in [-0.15, -0.1) is 0 Å². The zero-order valence-electron chi connectivity index (χ0n) is 13.9. The summed E-state index contributed by atoms with van der Waals surface area (Å²) in [5.41, 5.74) is 6.89. The van der Waals surface area contributed by atoms with Crippen LogP contribution < -0.4 is 11.4 Å². The van der Waals surface area contributed by atoms with Crippen molar-refractivity contribution in [3.8, 4) is 0 Å². The summed E-state index contributed by atoms with van der Waals surface area (Å²) in [5, 5.41) is 29.1. The number of nitrogens with two attached hydrogens (primary N) is 1. The van der Waals surface area contributed by atoms with E-state index in [0.717, 1.165) is 23.0 Å². The molecule has 8 nitrogen and oxygen atoms in total. The van der Waals surface area contributed by atoms with Gasteiger partial charge in [0.25, 0.3) is 0 Å². The zero-order valence-corrected chi connectivity index (χ0v) is 13.9. The van der Waals surface area contributed by atoms with Crippen molar-refractivity contribution >= 4 is 5.82 Å². The molecule has 8 heteroatoms. The van der Waals surface area contributed by atoms with Gasteiger partial charge in [0.15, 0.2) is 6.23 Å². The van der Waals surface area contributed by atoms with Crippen LogP contribution in [0, 0.1) is 0 Å². The van der Waals surface area contributed by atoms with Crippen LogP contribution in [0.5, 0.6) is 0 Å². The van der Waals surface area contributed by atoms with Crippen LogP contribution in [0.15, 0.2) is 22.6 Å². The van der Waals surface area contributed by atoms with E-state index in [0.29, 0.717) is 12.0 Å². The standard InChI is InChI=1S/C16H25N3O5/c1-3-4-5-9(2)6-10-7-19(16(23)18-14(10)17)15-13(22)12(21)11(8-20)24-15/h5,7,11-13,15,20-22H,3-4,6,8H2,1-2H3,(H2,17,18,23)/t11-,12-,13+,15-/m1/s1. The normalized spacial score (nSPS) is 27.6. The SMILES string of the molecule is CCCC=C(C)Cc1cn([C@@H]2O[C@H](CO)[C@@H](O)[C@@H]2O)c(=O)nc1N. The molecule has 0 amide bonds. The van der Waals surface area contributed by atoms with Crippen molar-refractivity contribution < 1.29 is 20.1 Å². The zero-order chi connectivity index (χ0) is 17.9. The van der Waals surface area contributed by atoms with E-state index < -0.39 is 36.8 Å². The van der Waals surface area contributed by atoms with Crippen LogP contribution in [0.3, 0.4) is 0 Å². The first-order chi connectivity index (χ1) is 11.4. The van der Waals surface area contributed by atoms with Gasteiger partial charge < -0.3 is 25.8 Å². The summed E-state index contributed by atoms with van der Waals surface area (Å²) in [6.07, 6.45) is 1.42. The lowest BCUT2D eigenvalue weighted by Crippen LogP contribution is -2.36. The quantitative estimate of drug-likeness (QED) is 0.525. The highest BCUT2D eigenvalue weighted by atomic mass is 16.6. The third-order valence-corrected chi connectivity index (χ3v) is 4.10. The Labute approximate surface area is 140 Å². The minimum absolute atomic E-state index is 0.132. The van der Waals surface area contributed by atoms with Gasteiger partial charge in [0.1, 0.15) is 24.1 Å². The topological polar surface area (TPSA) is 131 Å². The molecule has 0 spiro atoms. The van der Waals surface area contributed by atoms with Crippen molar-refractivity contribution in [2.75, 3.05) is 12.3 Å². The van der Waals surface area contributed by atoms with Crippen molar-refractivity contribution in [3.05, 3.63) is 33.9 Å². The highest BCUT2D eigenvalue weighted by Gasteiger charge is 2.43. The van der Waals surface area contributed by atoms with Gasteiger partial charge in [0.05, 0.1) is 6.61 Å². The van der Waals surface area contributed by atoms with E-state index in [1.54, 1.807) is 0 Å². The summed E-state index contributed by atoms with van der Waals surface area (Å²) < 4.78 is 6.50. The lowest BCUT2D eigenvalue weighted by atomic mass is 10.1. The molecule has 0 saturated carbocycles. The predicted molar refractivity (Wildman–Crippen MR) is 88.3 cm³/mol. The van der Waals surface area contributed by atoms with Gasteiger partial charge in [0, 0.05) is 11.8 Å². The van der Waals surface area contributed by atoms with Crippen LogP contribution in [-0.2, 0) is 11.2 Å². The molecule has 4 atom stereocenters. The lowest BCUT2D eigenvalue weighted by molar-refractivity contribution is -0.0550. The predicted octanol–water partition coefficient (Wildman–Crippen LogP) is -0.274. The number of aromatic nitrogens is 2. The van der Waals surface area contributed by atoms with Crippen molar-refractivity contribution in [2.24, 2.45) is 0 Å². The van der Waals surface area contributed by atoms with Crippen LogP contribution in [0.1, 0.15) is 38.5 Å². The second-order valence-electron chi connectivity index (χ2n) is 6.09. The first-order valence-electron chi connectivity index (χ1n) is 8.04. The summed E-state index contributed by atoms with van der Waals surface area (Å²) in [6.45, 7) is 3.59. The fraction of sp³-hybridized carbons (Fsp3) is 0.625. The van der Waals surface area contributed by atoms with Gasteiger partial charge in [-0.25, -0.2) is 4.79 Å². The Hall–Kier alpha value is -1.74. The summed E-state index contributed by atoms with van der Waals surface area (Å²) in [5.74, 6) is 0.132. The van der Waals surface area contributed by atoms with Crippen molar-refractivity contribution in [1.82, 2.24) is 9.55 Å². The average Bonchev–Trinajstić information content (AvgIpc) is 2.83. The fourth-order valence-electron chi connectivity index (χ4n) is 2.71. The maximum absolute atomic E-state index is 12.1. The average molecular weight is 339 g/mol. The molecule has 0 unspecified atom stereocenters. The first-order valence-corrected chi connectivity index (χ1v) is 8.04. The van der Waals surface area contributed by atoms with Gasteiger partial charge in [0.2, 0.25) is 0 Å². The number of nitrogen functional groups attached to an aromatic ring is 1. The molecule has 2 heterocycles. The number of aliphatic hydroxyl groups is 3. The molecule has 5 N–H and O–H groups in total. The lowest BCUT2D eigenvalue weighted by Gasteiger charge is -2.18. The maximum Gasteiger partial charge on any atom is 0.351 e. The number of hydrogen-bond acceptors (Lipinski definition) is 7. The van der Waals surface area contributed by atoms with Gasteiger partial charge >= 0.3 is 5.69 Å². The molecule has 1 fully saturated rings. The largest absolute Gasteiger partial charge is 0.394 e. The number of anilines is 1. The second-order valence-corrected chi connectivity index (χ2v) is 6.09. The molecule has 1 aromatic rings. The highest BCUT2D eigenvalue weighted by Crippen LogP contribution is 2.28. The number of aliphatic hydroxyl groups excluding tert-OH is 3. The van der Waals surface area contributed by atoms with Crippen LogP contribution in [0.25, 0.3) is 0 Å². The van der Waals surface area contributed by atoms with E-state index in [-0.39, 0.29) is 5.82 Å². The Morgan fingerprint density at radius 3 is 2.75 bits per heavy atom. The molecule has 0 bridgehead atoms. The minimum atomic E-state index is -1.34. The van der Waals surface area contributed by atoms with Crippen molar-refractivity contribution in [2.45, 2.75) is 57.6 Å². The molecule has 0 aromatic carbocycles. The van der Waals surface area contributed by atoms with Crippen LogP contribution in [0.4, 0.5) is 5.82 Å². The van der Waals surface area contributed by atoms with Crippen molar-refractivity contribution in [3.63, 3.8) is 0 Å². The number of allylic oxidation sites excluding steroid dienone is 2. The van der Waals surface area contributed by atoms with Crippen molar-refractivity contribution in [1.29, 1.82) is 0 Å². The molecule has 24 heavy (non-hydrogen) atoms. The minimum Gasteiger partial charge on any atom is -0.394 e. The van der Waals surface area contributed by atoms with E-state index in [4.69, 9.17) is 15.6 Å². The van der Waals surface area contributed by atoms with Crippen LogP contribution in [0.2, 0.25) is 0 Å². The van der Waals surface area contributed by atoms with Gasteiger partial charge in [-0.1, -0.05) is 25.0 Å². The van der Waals surface area contributed by atoms with E-state index in [1.165, 1.54) is 6.20 Å². The summed E-state index contributed by atoms with van der Waals surface area (Å²) in [7, 11) is 0. The Bertz CT molecular complexity index is 658. The Kier molecular flexibility index (Phi) is 6.11. The number of hydrogen-bond donors (Lipinski definition) is 4. The smallest absolute Gasteiger partial charge is 0.351 e. The van der Waals surface area contributed by atoms with E-state index >= 15 is 0 Å². The summed E-state index contributed by atoms with van der Waals surface area (Å²) >= 11 is 0. The Balaban J connectivity index is 2.32. The molecular formula is C16H25N3O5. The third-order valence-electron chi connectivity index (χ3n) is 4.10. The molecule has 1 aliphatic rings. The number of rotatable bonds is 6. The molecule has 0 aliphatic carbocycles. The van der Waals surface area contributed by atoms with Crippen LogP contribution in [-0.4, -0.2) is 49.8 Å². The van der Waals surface area contributed by atoms with Gasteiger partial charge in [-0.3, -0.25) is 4.57 Å². The van der Waals surface area contributed by atoms with E-state index in [2.05, 4.69) is 18.0 Å². The molecule has 0 radical (unpaired) electrons. The molecule has 1 aliphatic heterocycles. The highest BCUT2D eigenvalue weighted by molar-refractivity contribution is 5.39. The monoisotopic (exact) mass is 339 g/mol. The fourth-order valence-corrected chi connectivity index (χ4v) is 2.71. The summed E-state index contributed by atoms with van der Waals surface area (Å²) in [6, 6.07) is 0. The van der Waals surface area contributed by atoms with Crippen LogP contribution >= 0.6 is 0 Å². The molecule has 2 rings (SSSR count). The van der Waals surface area contributed by atoms with Gasteiger partial charge in [-0.05, 0) is 19.8 Å². The number of ether oxygens (including phenoxy) is 1. The molecule has 1 saturated heterocycles. The maximum atomic E-state index is 12.1. The molecule has 1 aromatic heterocycles. The molecular weight excluding hydrogens is 314 g/mol. The third kappa shape index (κ3) is 3.84. The van der Waals surface area contributed by atoms with E-state index in [9.17, 15) is 15.0 Å².